The summed E-state index contributed by atoms with van der Waals surface area (Å²) in [6.07, 6.45) is 1.78. The molecular formula is C12H13F2NO. The summed E-state index contributed by atoms with van der Waals surface area (Å²) in [6.45, 7) is 1.61. The summed E-state index contributed by atoms with van der Waals surface area (Å²) >= 11 is 0. The van der Waals surface area contributed by atoms with Gasteiger partial charge < -0.3 is 5.73 Å². The second-order valence-corrected chi connectivity index (χ2v) is 4.51. The summed E-state index contributed by atoms with van der Waals surface area (Å²) in [6, 6.07) is 2.93. The number of rotatable bonds is 3. The number of carbonyl (C=O) groups excluding carboxylic acids is 1. The van der Waals surface area contributed by atoms with E-state index < -0.39 is 23.0 Å². The van der Waals surface area contributed by atoms with Gasteiger partial charge in [0.05, 0.1) is 11.1 Å². The van der Waals surface area contributed by atoms with E-state index in [1.807, 2.05) is 0 Å². The number of ketones is 1. The second-order valence-electron chi connectivity index (χ2n) is 4.51. The maximum absolute atomic E-state index is 13.4. The fourth-order valence-electron chi connectivity index (χ4n) is 1.83. The Morgan fingerprint density at radius 3 is 2.56 bits per heavy atom. The quantitative estimate of drug-likeness (QED) is 0.802. The van der Waals surface area contributed by atoms with Crippen molar-refractivity contribution < 1.29 is 13.6 Å². The smallest absolute Gasteiger partial charge is 0.185 e. The molecule has 86 valence electrons. The molecule has 16 heavy (non-hydrogen) atoms. The summed E-state index contributed by atoms with van der Waals surface area (Å²) in [4.78, 5) is 12.0. The highest BCUT2D eigenvalue weighted by Crippen LogP contribution is 2.39. The molecule has 1 atom stereocenters. The highest BCUT2D eigenvalue weighted by Gasteiger charge is 2.44. The van der Waals surface area contributed by atoms with Crippen LogP contribution < -0.4 is 5.73 Å². The Kier molecular flexibility index (Phi) is 2.54. The van der Waals surface area contributed by atoms with Gasteiger partial charge >= 0.3 is 0 Å². The second kappa shape index (κ2) is 3.63. The van der Waals surface area contributed by atoms with Crippen LogP contribution >= 0.6 is 0 Å². The van der Waals surface area contributed by atoms with Crippen LogP contribution in [-0.2, 0) is 0 Å². The van der Waals surface area contributed by atoms with E-state index in [9.17, 15) is 13.6 Å². The van der Waals surface area contributed by atoms with E-state index in [1.165, 1.54) is 0 Å². The van der Waals surface area contributed by atoms with Gasteiger partial charge in [-0.25, -0.2) is 8.78 Å². The Hall–Kier alpha value is -1.29. The molecular weight excluding hydrogens is 212 g/mol. The molecule has 0 amide bonds. The molecule has 2 N–H and O–H groups in total. The molecule has 4 heteroatoms. The third kappa shape index (κ3) is 1.85. The van der Waals surface area contributed by atoms with Gasteiger partial charge in [-0.1, -0.05) is 0 Å². The van der Waals surface area contributed by atoms with E-state index >= 15 is 0 Å². The van der Waals surface area contributed by atoms with Crippen LogP contribution in [0.4, 0.5) is 8.78 Å². The maximum atomic E-state index is 13.4. The average molecular weight is 225 g/mol. The van der Waals surface area contributed by atoms with Crippen LogP contribution in [0.15, 0.2) is 18.2 Å². The van der Waals surface area contributed by atoms with Gasteiger partial charge in [0.1, 0.15) is 11.6 Å². The Bertz CT molecular complexity index is 439. The molecule has 1 aromatic carbocycles. The lowest BCUT2D eigenvalue weighted by Gasteiger charge is -2.22. The summed E-state index contributed by atoms with van der Waals surface area (Å²) in [7, 11) is 0. The van der Waals surface area contributed by atoms with Gasteiger partial charge in [-0.3, -0.25) is 4.79 Å². The Labute approximate surface area is 92.4 Å². The first kappa shape index (κ1) is 11.2. The van der Waals surface area contributed by atoms with Gasteiger partial charge in [0.15, 0.2) is 5.78 Å². The third-order valence-corrected chi connectivity index (χ3v) is 3.09. The zero-order valence-electron chi connectivity index (χ0n) is 8.97. The maximum Gasteiger partial charge on any atom is 0.185 e. The van der Waals surface area contributed by atoms with Crippen LogP contribution in [0.1, 0.15) is 30.1 Å². The molecule has 1 unspecified atom stereocenters. The first-order valence-electron chi connectivity index (χ1n) is 5.21. The first-order valence-corrected chi connectivity index (χ1v) is 5.21. The predicted molar refractivity (Wildman–Crippen MR) is 56.0 cm³/mol. The minimum Gasteiger partial charge on any atom is -0.319 e. The molecule has 0 heterocycles. The molecule has 1 aliphatic rings. The summed E-state index contributed by atoms with van der Waals surface area (Å²) in [5.41, 5.74) is 4.73. The topological polar surface area (TPSA) is 43.1 Å². The van der Waals surface area contributed by atoms with Gasteiger partial charge in [0, 0.05) is 6.07 Å². The van der Waals surface area contributed by atoms with Crippen LogP contribution in [0.3, 0.4) is 0 Å². The number of Topliss-reactive ketones (excluding diaryl/α,β-unsaturated/α-hetero) is 1. The molecule has 0 spiro atoms. The standard InChI is InChI=1S/C12H13F2NO/c1-12(15,7-2-3-7)11(16)9-5-4-8(13)6-10(9)14/h4-7H,2-3,15H2,1H3. The van der Waals surface area contributed by atoms with Crippen LogP contribution in [0.2, 0.25) is 0 Å². The minimum atomic E-state index is -1.04. The SMILES string of the molecule is CC(N)(C(=O)c1ccc(F)cc1F)C1CC1. The van der Waals surface area contributed by atoms with Gasteiger partial charge in [0.25, 0.3) is 0 Å². The number of benzene rings is 1. The van der Waals surface area contributed by atoms with Crippen LogP contribution in [0.5, 0.6) is 0 Å². The van der Waals surface area contributed by atoms with Gasteiger partial charge in [-0.05, 0) is 37.8 Å². The van der Waals surface area contributed by atoms with E-state index in [0.29, 0.717) is 6.07 Å². The third-order valence-electron chi connectivity index (χ3n) is 3.09. The lowest BCUT2D eigenvalue weighted by Crippen LogP contribution is -2.47. The normalized spacial score (nSPS) is 19.2. The number of halogens is 2. The van der Waals surface area contributed by atoms with E-state index in [2.05, 4.69) is 0 Å². The molecule has 0 bridgehead atoms. The highest BCUT2D eigenvalue weighted by molar-refractivity contribution is 6.03. The lowest BCUT2D eigenvalue weighted by molar-refractivity contribution is 0.0879. The van der Waals surface area contributed by atoms with Crippen molar-refractivity contribution in [3.8, 4) is 0 Å². The lowest BCUT2D eigenvalue weighted by atomic mass is 9.87. The van der Waals surface area contributed by atoms with E-state index in [4.69, 9.17) is 5.73 Å². The van der Waals surface area contributed by atoms with Crippen molar-refractivity contribution in [2.75, 3.05) is 0 Å². The predicted octanol–water partition coefficient (Wildman–Crippen LogP) is 2.27. The largest absolute Gasteiger partial charge is 0.319 e. The molecule has 1 saturated carbocycles. The van der Waals surface area contributed by atoms with Crippen molar-refractivity contribution in [3.63, 3.8) is 0 Å². The van der Waals surface area contributed by atoms with Crippen molar-refractivity contribution in [2.45, 2.75) is 25.3 Å². The van der Waals surface area contributed by atoms with Crippen LogP contribution in [0.25, 0.3) is 0 Å². The zero-order valence-corrected chi connectivity index (χ0v) is 8.97. The van der Waals surface area contributed by atoms with Crippen LogP contribution in [0, 0.1) is 17.6 Å². The summed E-state index contributed by atoms with van der Waals surface area (Å²) in [5.74, 6) is -1.88. The molecule has 2 rings (SSSR count). The number of carbonyl (C=O) groups is 1. The average Bonchev–Trinajstić information content (AvgIpc) is 2.99. The Balaban J connectivity index is 2.33. The minimum absolute atomic E-state index is 0.115. The van der Waals surface area contributed by atoms with E-state index in [0.717, 1.165) is 25.0 Å². The molecule has 1 fully saturated rings. The number of hydrogen-bond donors (Lipinski definition) is 1. The molecule has 0 aromatic heterocycles. The number of hydrogen-bond acceptors (Lipinski definition) is 2. The van der Waals surface area contributed by atoms with E-state index in [1.54, 1.807) is 6.92 Å². The first-order chi connectivity index (χ1) is 7.43. The summed E-state index contributed by atoms with van der Waals surface area (Å²) < 4.78 is 26.1. The summed E-state index contributed by atoms with van der Waals surface area (Å²) in [5, 5.41) is 0. The van der Waals surface area contributed by atoms with Crippen molar-refractivity contribution in [3.05, 3.63) is 35.4 Å². The molecule has 0 aliphatic heterocycles. The number of nitrogens with two attached hydrogens (primary N) is 1. The van der Waals surface area contributed by atoms with Crippen molar-refractivity contribution in [1.82, 2.24) is 0 Å². The van der Waals surface area contributed by atoms with Crippen LogP contribution in [-0.4, -0.2) is 11.3 Å². The van der Waals surface area contributed by atoms with Crippen molar-refractivity contribution in [1.29, 1.82) is 0 Å². The zero-order chi connectivity index (χ0) is 11.9. The molecule has 1 aliphatic carbocycles. The Morgan fingerprint density at radius 2 is 2.06 bits per heavy atom. The molecule has 0 saturated heterocycles. The molecule has 2 nitrogen and oxygen atoms in total. The van der Waals surface area contributed by atoms with Crippen molar-refractivity contribution >= 4 is 5.78 Å². The fourth-order valence-corrected chi connectivity index (χ4v) is 1.83. The monoisotopic (exact) mass is 225 g/mol. The van der Waals surface area contributed by atoms with Gasteiger partial charge in [-0.2, -0.15) is 0 Å². The highest BCUT2D eigenvalue weighted by atomic mass is 19.1. The molecule has 1 aromatic rings. The van der Waals surface area contributed by atoms with Gasteiger partial charge in [0.2, 0.25) is 0 Å². The van der Waals surface area contributed by atoms with Gasteiger partial charge in [-0.15, -0.1) is 0 Å². The van der Waals surface area contributed by atoms with Crippen molar-refractivity contribution in [2.24, 2.45) is 11.7 Å². The molecule has 0 radical (unpaired) electrons. The fraction of sp³-hybridized carbons (Fsp3) is 0.417. The Morgan fingerprint density at radius 1 is 1.44 bits per heavy atom. The van der Waals surface area contributed by atoms with E-state index in [-0.39, 0.29) is 11.5 Å².